The molecule has 118 valence electrons. The summed E-state index contributed by atoms with van der Waals surface area (Å²) < 4.78 is 3.67. The van der Waals surface area contributed by atoms with Gasteiger partial charge in [0.25, 0.3) is 0 Å². The molecule has 0 spiro atoms. The second-order valence-electron chi connectivity index (χ2n) is 4.03. The highest BCUT2D eigenvalue weighted by Gasteiger charge is 2.32. The SMILES string of the molecule is COc1ccc(-c2nc(C(Br)(Br)Br)nc(C(Br)(Br)Br)n2)cc1. The third-order valence-corrected chi connectivity index (χ3v) is 4.62. The van der Waals surface area contributed by atoms with Gasteiger partial charge < -0.3 is 4.74 Å². The van der Waals surface area contributed by atoms with Gasteiger partial charge in [0.05, 0.1) is 7.11 Å². The van der Waals surface area contributed by atoms with Gasteiger partial charge in [0.2, 0.25) is 0 Å². The molecule has 0 radical (unpaired) electrons. The first-order valence-electron chi connectivity index (χ1n) is 5.66. The summed E-state index contributed by atoms with van der Waals surface area (Å²) in [5.74, 6) is 2.26. The number of hydrogen-bond donors (Lipinski definition) is 0. The molecule has 1 aromatic carbocycles. The van der Waals surface area contributed by atoms with Crippen LogP contribution in [0, 0.1) is 0 Å². The van der Waals surface area contributed by atoms with Crippen LogP contribution in [0.15, 0.2) is 24.3 Å². The van der Waals surface area contributed by atoms with E-state index < -0.39 is 4.29 Å². The van der Waals surface area contributed by atoms with Crippen LogP contribution < -0.4 is 4.74 Å². The molecule has 22 heavy (non-hydrogen) atoms. The lowest BCUT2D eigenvalue weighted by molar-refractivity contribution is 0.415. The predicted octanol–water partition coefficient (Wildman–Crippen LogP) is 6.14. The number of alkyl halides is 6. The van der Waals surface area contributed by atoms with Crippen molar-refractivity contribution in [1.29, 1.82) is 0 Å². The van der Waals surface area contributed by atoms with Crippen molar-refractivity contribution in [2.75, 3.05) is 7.11 Å². The predicted molar refractivity (Wildman–Crippen MR) is 109 cm³/mol. The Morgan fingerprint density at radius 3 is 1.59 bits per heavy atom. The molecular weight excluding hydrogens is 682 g/mol. The van der Waals surface area contributed by atoms with Crippen LogP contribution in [-0.4, -0.2) is 22.1 Å². The summed E-state index contributed by atoms with van der Waals surface area (Å²) in [5, 5.41) is 0. The molecule has 0 aliphatic carbocycles. The standard InChI is InChI=1S/C12H7Br6N3O/c1-22-7-4-2-6(3-5-7)8-19-9(11(13,14)15)21-10(20-8)12(16,17)18/h2-5H,1H3. The Kier molecular flexibility index (Phi) is 6.50. The van der Waals surface area contributed by atoms with Crippen LogP contribution in [0.5, 0.6) is 5.75 Å². The van der Waals surface area contributed by atoms with E-state index in [9.17, 15) is 0 Å². The molecular formula is C12H7Br6N3O. The summed E-state index contributed by atoms with van der Waals surface area (Å²) in [5.41, 5.74) is 0.846. The van der Waals surface area contributed by atoms with E-state index in [-0.39, 0.29) is 0 Å². The Hall–Kier alpha value is 0.910. The van der Waals surface area contributed by atoms with Crippen molar-refractivity contribution in [2.24, 2.45) is 0 Å². The summed E-state index contributed by atoms with van der Waals surface area (Å²) in [6.07, 6.45) is 0. The fraction of sp³-hybridized carbons (Fsp3) is 0.250. The molecule has 2 rings (SSSR count). The Balaban J connectivity index is 2.59. The van der Waals surface area contributed by atoms with Gasteiger partial charge in [-0.3, -0.25) is 0 Å². The van der Waals surface area contributed by atoms with Crippen LogP contribution >= 0.6 is 95.6 Å². The first-order chi connectivity index (χ1) is 10.1. The van der Waals surface area contributed by atoms with Crippen LogP contribution in [0.25, 0.3) is 11.4 Å². The Morgan fingerprint density at radius 2 is 1.23 bits per heavy atom. The van der Waals surface area contributed by atoms with E-state index in [0.29, 0.717) is 17.5 Å². The fourth-order valence-corrected chi connectivity index (χ4v) is 2.56. The third-order valence-electron chi connectivity index (χ3n) is 2.49. The molecule has 0 saturated heterocycles. The number of methoxy groups -OCH3 is 1. The maximum Gasteiger partial charge on any atom is 0.194 e. The van der Waals surface area contributed by atoms with Crippen molar-refractivity contribution in [3.8, 4) is 17.1 Å². The van der Waals surface area contributed by atoms with Crippen LogP contribution in [0.2, 0.25) is 0 Å². The fourth-order valence-electron chi connectivity index (χ4n) is 1.50. The van der Waals surface area contributed by atoms with Crippen LogP contribution in [0.1, 0.15) is 11.6 Å². The first-order valence-corrected chi connectivity index (χ1v) is 10.4. The van der Waals surface area contributed by atoms with Gasteiger partial charge in [-0.2, -0.15) is 0 Å². The molecule has 4 nitrogen and oxygen atoms in total. The molecule has 0 aliphatic heterocycles. The second kappa shape index (κ2) is 7.43. The van der Waals surface area contributed by atoms with Crippen LogP contribution in [0.3, 0.4) is 0 Å². The average Bonchev–Trinajstić information content (AvgIpc) is 2.45. The molecule has 0 N–H and O–H groups in total. The monoisotopic (exact) mass is 683 g/mol. The van der Waals surface area contributed by atoms with Gasteiger partial charge in [-0.25, -0.2) is 15.0 Å². The van der Waals surface area contributed by atoms with Gasteiger partial charge in [-0.05, 0) is 24.3 Å². The minimum Gasteiger partial charge on any atom is -0.497 e. The van der Waals surface area contributed by atoms with Crippen molar-refractivity contribution in [2.45, 2.75) is 4.29 Å². The first kappa shape index (κ1) is 19.2. The minimum atomic E-state index is -0.746. The van der Waals surface area contributed by atoms with Gasteiger partial charge in [0.1, 0.15) is 5.75 Å². The van der Waals surface area contributed by atoms with E-state index in [1.54, 1.807) is 7.11 Å². The van der Waals surface area contributed by atoms with E-state index in [0.717, 1.165) is 11.3 Å². The molecule has 0 fully saturated rings. The Labute approximate surface area is 178 Å². The molecule has 0 aliphatic rings. The summed E-state index contributed by atoms with van der Waals surface area (Å²) in [6.45, 7) is 0. The number of ether oxygens (including phenoxy) is 1. The van der Waals surface area contributed by atoms with E-state index in [1.807, 2.05) is 24.3 Å². The molecule has 2 aromatic rings. The lowest BCUT2D eigenvalue weighted by Gasteiger charge is -2.17. The quantitative estimate of drug-likeness (QED) is 0.356. The van der Waals surface area contributed by atoms with Crippen LogP contribution in [0.4, 0.5) is 0 Å². The van der Waals surface area contributed by atoms with Gasteiger partial charge in [0, 0.05) is 5.56 Å². The topological polar surface area (TPSA) is 47.9 Å². The number of hydrogen-bond acceptors (Lipinski definition) is 4. The maximum absolute atomic E-state index is 5.16. The van der Waals surface area contributed by atoms with E-state index in [4.69, 9.17) is 4.74 Å². The molecule has 10 heteroatoms. The van der Waals surface area contributed by atoms with E-state index >= 15 is 0 Å². The Morgan fingerprint density at radius 1 is 0.773 bits per heavy atom. The highest BCUT2D eigenvalue weighted by atomic mass is 80.0. The van der Waals surface area contributed by atoms with E-state index in [2.05, 4.69) is 111 Å². The molecule has 1 heterocycles. The minimum absolute atomic E-state index is 0.478. The van der Waals surface area contributed by atoms with Crippen molar-refractivity contribution >= 4 is 95.6 Å². The number of rotatable bonds is 2. The maximum atomic E-state index is 5.16. The molecule has 0 saturated carbocycles. The lowest BCUT2D eigenvalue weighted by atomic mass is 10.2. The summed E-state index contributed by atoms with van der Waals surface area (Å²) in [7, 11) is 1.62. The number of halogens is 6. The molecule has 1 aromatic heterocycles. The Bertz CT molecular complexity index is 634. The van der Waals surface area contributed by atoms with Crippen molar-refractivity contribution < 1.29 is 4.74 Å². The van der Waals surface area contributed by atoms with Gasteiger partial charge in [-0.1, -0.05) is 95.6 Å². The normalized spacial score (nSPS) is 12.3. The number of aromatic nitrogens is 3. The second-order valence-corrected chi connectivity index (χ2v) is 17.6. The highest BCUT2D eigenvalue weighted by molar-refractivity contribution is 9.39. The molecule has 0 amide bonds. The van der Waals surface area contributed by atoms with Crippen molar-refractivity contribution in [1.82, 2.24) is 15.0 Å². The third kappa shape index (κ3) is 4.95. The van der Waals surface area contributed by atoms with Gasteiger partial charge >= 0.3 is 0 Å². The summed E-state index contributed by atoms with van der Waals surface area (Å²) in [4.78, 5) is 13.4. The van der Waals surface area contributed by atoms with E-state index in [1.165, 1.54) is 0 Å². The lowest BCUT2D eigenvalue weighted by Crippen LogP contribution is -2.15. The molecule has 0 bridgehead atoms. The molecule has 0 unspecified atom stereocenters. The zero-order valence-electron chi connectivity index (χ0n) is 10.8. The zero-order valence-corrected chi connectivity index (χ0v) is 20.3. The van der Waals surface area contributed by atoms with Gasteiger partial charge in [-0.15, -0.1) is 0 Å². The summed E-state index contributed by atoms with van der Waals surface area (Å²) >= 11 is 20.6. The highest BCUT2D eigenvalue weighted by Crippen LogP contribution is 2.46. The van der Waals surface area contributed by atoms with Crippen molar-refractivity contribution in [3.05, 3.63) is 35.9 Å². The zero-order chi connectivity index (χ0) is 16.5. The number of nitrogens with zero attached hydrogens (tertiary/aromatic N) is 3. The number of benzene rings is 1. The smallest absolute Gasteiger partial charge is 0.194 e. The average molecular weight is 689 g/mol. The summed E-state index contributed by atoms with van der Waals surface area (Å²) in [6, 6.07) is 7.48. The molecule has 0 atom stereocenters. The van der Waals surface area contributed by atoms with Crippen molar-refractivity contribution in [3.63, 3.8) is 0 Å². The largest absolute Gasteiger partial charge is 0.497 e. The van der Waals surface area contributed by atoms with Crippen LogP contribution in [-0.2, 0) is 4.29 Å². The van der Waals surface area contributed by atoms with Gasteiger partial charge in [0.15, 0.2) is 21.8 Å².